The van der Waals surface area contributed by atoms with Crippen molar-refractivity contribution in [1.82, 2.24) is 19.5 Å². The number of nitrogens with zero attached hydrogens (tertiary/aromatic N) is 4. The maximum atomic E-state index is 12.2. The molecule has 1 aromatic carbocycles. The summed E-state index contributed by atoms with van der Waals surface area (Å²) in [6, 6.07) is 8.89. The molecule has 0 bridgehead atoms. The number of anilines is 1. The summed E-state index contributed by atoms with van der Waals surface area (Å²) >= 11 is 4.75. The Labute approximate surface area is 156 Å². The fraction of sp³-hybridized carbons (Fsp3) is 0.250. The van der Waals surface area contributed by atoms with E-state index in [2.05, 4.69) is 31.3 Å². The van der Waals surface area contributed by atoms with Gasteiger partial charge in [-0.05, 0) is 42.0 Å². The highest BCUT2D eigenvalue weighted by molar-refractivity contribution is 9.10. The Bertz CT molecular complexity index is 984. The normalized spacial score (nSPS) is 11.2. The van der Waals surface area contributed by atoms with Crippen molar-refractivity contribution < 1.29 is 4.79 Å². The summed E-state index contributed by atoms with van der Waals surface area (Å²) in [4.78, 5) is 30.8. The number of carbonyl (C=O) groups is 1. The van der Waals surface area contributed by atoms with E-state index in [1.54, 1.807) is 6.92 Å². The van der Waals surface area contributed by atoms with Crippen molar-refractivity contribution in [2.24, 2.45) is 0 Å². The lowest BCUT2D eigenvalue weighted by Crippen LogP contribution is -2.30. The van der Waals surface area contributed by atoms with Crippen LogP contribution in [0.1, 0.15) is 10.7 Å². The minimum atomic E-state index is -0.195. The van der Waals surface area contributed by atoms with Crippen molar-refractivity contribution in [2.75, 3.05) is 18.9 Å². The molecule has 7 nitrogen and oxygen atoms in total. The number of aromatic nitrogens is 3. The number of aryl methyl sites for hydroxylation is 1. The summed E-state index contributed by atoms with van der Waals surface area (Å²) in [5, 5.41) is 7.86. The molecule has 0 fully saturated rings. The second kappa shape index (κ2) is 7.42. The third-order valence-corrected chi connectivity index (χ3v) is 4.97. The Morgan fingerprint density at radius 2 is 2.16 bits per heavy atom. The fourth-order valence-electron chi connectivity index (χ4n) is 2.31. The number of rotatable bonds is 5. The number of hydrogen-bond acceptors (Lipinski definition) is 6. The monoisotopic (exact) mass is 421 g/mol. The van der Waals surface area contributed by atoms with E-state index < -0.39 is 0 Å². The van der Waals surface area contributed by atoms with Crippen molar-refractivity contribution in [1.29, 1.82) is 0 Å². The molecule has 0 radical (unpaired) electrons. The van der Waals surface area contributed by atoms with Gasteiger partial charge in [0.15, 0.2) is 0 Å². The van der Waals surface area contributed by atoms with Crippen molar-refractivity contribution in [2.45, 2.75) is 13.5 Å². The maximum Gasteiger partial charge on any atom is 0.275 e. The van der Waals surface area contributed by atoms with Gasteiger partial charge in [-0.2, -0.15) is 9.61 Å². The molecule has 1 N–H and O–H groups in total. The zero-order valence-corrected chi connectivity index (χ0v) is 16.1. The van der Waals surface area contributed by atoms with E-state index in [-0.39, 0.29) is 18.0 Å². The predicted octanol–water partition coefficient (Wildman–Crippen LogP) is 2.29. The Morgan fingerprint density at radius 3 is 2.92 bits per heavy atom. The van der Waals surface area contributed by atoms with E-state index in [9.17, 15) is 9.59 Å². The summed E-state index contributed by atoms with van der Waals surface area (Å²) in [5.41, 5.74) is 1.20. The van der Waals surface area contributed by atoms with Gasteiger partial charge in [0.05, 0.1) is 18.8 Å². The van der Waals surface area contributed by atoms with E-state index >= 15 is 0 Å². The fourth-order valence-corrected chi connectivity index (χ4v) is 3.72. The van der Waals surface area contributed by atoms with Crippen molar-refractivity contribution in [3.8, 4) is 0 Å². The van der Waals surface area contributed by atoms with E-state index in [1.165, 1.54) is 21.9 Å². The summed E-state index contributed by atoms with van der Waals surface area (Å²) in [7, 11) is 1.83. The van der Waals surface area contributed by atoms with Crippen LogP contribution in [0.4, 0.5) is 5.69 Å². The number of hydrogen-bond donors (Lipinski definition) is 1. The minimum absolute atomic E-state index is 0.123. The molecule has 1 amide bonds. The van der Waals surface area contributed by atoms with Crippen molar-refractivity contribution in [3.63, 3.8) is 0 Å². The second-order valence-electron chi connectivity index (χ2n) is 5.63. The minimum Gasteiger partial charge on any atom is -0.324 e. The second-order valence-corrected chi connectivity index (χ2v) is 7.52. The number of para-hydroxylation sites is 1. The lowest BCUT2D eigenvalue weighted by Gasteiger charge is -2.14. The number of carbonyl (C=O) groups excluding carboxylic acids is 1. The van der Waals surface area contributed by atoms with Gasteiger partial charge in [-0.1, -0.05) is 23.5 Å². The molecular weight excluding hydrogens is 406 g/mol. The maximum absolute atomic E-state index is 12.2. The lowest BCUT2D eigenvalue weighted by atomic mass is 10.3. The van der Waals surface area contributed by atoms with Crippen LogP contribution in [0.2, 0.25) is 0 Å². The number of benzene rings is 1. The summed E-state index contributed by atoms with van der Waals surface area (Å²) in [6.07, 6.45) is 0. The molecule has 2 aromatic heterocycles. The van der Waals surface area contributed by atoms with Crippen LogP contribution in [0.25, 0.3) is 4.96 Å². The molecule has 0 unspecified atom stereocenters. The van der Waals surface area contributed by atoms with Crippen LogP contribution in [0.5, 0.6) is 0 Å². The van der Waals surface area contributed by atoms with Crippen LogP contribution in [-0.4, -0.2) is 39.0 Å². The zero-order chi connectivity index (χ0) is 18.0. The molecule has 0 spiro atoms. The van der Waals surface area contributed by atoms with Gasteiger partial charge in [0.25, 0.3) is 5.56 Å². The first-order valence-electron chi connectivity index (χ1n) is 7.51. The van der Waals surface area contributed by atoms with Crippen LogP contribution < -0.4 is 10.9 Å². The first-order valence-corrected chi connectivity index (χ1v) is 9.12. The van der Waals surface area contributed by atoms with Gasteiger partial charge >= 0.3 is 0 Å². The molecule has 0 saturated carbocycles. The molecule has 0 aliphatic heterocycles. The van der Waals surface area contributed by atoms with E-state index in [4.69, 9.17) is 0 Å². The molecular formula is C16H16BrN5O2S. The number of fused-ring (bicyclic) bond motifs is 1. The van der Waals surface area contributed by atoms with Crippen LogP contribution >= 0.6 is 27.3 Å². The highest BCUT2D eigenvalue weighted by Gasteiger charge is 2.13. The first-order chi connectivity index (χ1) is 11.9. The number of amides is 1. The van der Waals surface area contributed by atoms with Gasteiger partial charge in [-0.3, -0.25) is 14.5 Å². The molecule has 9 heteroatoms. The Hall–Kier alpha value is -2.10. The molecule has 0 aliphatic carbocycles. The van der Waals surface area contributed by atoms with E-state index in [0.29, 0.717) is 17.2 Å². The molecule has 0 atom stereocenters. The van der Waals surface area contributed by atoms with Gasteiger partial charge in [-0.15, -0.1) is 0 Å². The smallest absolute Gasteiger partial charge is 0.275 e. The summed E-state index contributed by atoms with van der Waals surface area (Å²) in [5.74, 6) is -0.123. The predicted molar refractivity (Wildman–Crippen MR) is 101 cm³/mol. The Kier molecular flexibility index (Phi) is 5.26. The van der Waals surface area contributed by atoms with E-state index in [0.717, 1.165) is 15.2 Å². The Morgan fingerprint density at radius 1 is 1.40 bits per heavy atom. The van der Waals surface area contributed by atoms with Gasteiger partial charge in [0.1, 0.15) is 5.01 Å². The number of halogens is 1. The Balaban J connectivity index is 1.65. The SMILES string of the molecule is Cc1cc(=O)n2nc(CN(C)CC(=O)Nc3ccccc3Br)sc2n1. The molecule has 3 aromatic rings. The first kappa shape index (κ1) is 17.7. The number of nitrogens with one attached hydrogen (secondary N) is 1. The average molecular weight is 422 g/mol. The zero-order valence-electron chi connectivity index (χ0n) is 13.7. The van der Waals surface area contributed by atoms with Crippen molar-refractivity contribution >= 4 is 43.8 Å². The molecule has 0 saturated heterocycles. The quantitative estimate of drug-likeness (QED) is 0.683. The van der Waals surface area contributed by atoms with Crippen LogP contribution in [-0.2, 0) is 11.3 Å². The molecule has 3 rings (SSSR count). The van der Waals surface area contributed by atoms with Gasteiger partial charge in [-0.25, -0.2) is 4.98 Å². The standard InChI is InChI=1S/C16H16BrN5O2S/c1-10-7-15(24)22-16(18-10)25-14(20-22)9-21(2)8-13(23)19-12-6-4-3-5-11(12)17/h3-7H,8-9H2,1-2H3,(H,19,23). The van der Waals surface area contributed by atoms with Crippen LogP contribution in [0.3, 0.4) is 0 Å². The van der Waals surface area contributed by atoms with Crippen LogP contribution in [0.15, 0.2) is 39.6 Å². The molecule has 130 valence electrons. The third-order valence-electron chi connectivity index (χ3n) is 3.38. The van der Waals surface area contributed by atoms with Gasteiger partial charge in [0.2, 0.25) is 10.9 Å². The average Bonchev–Trinajstić information content (AvgIpc) is 2.91. The highest BCUT2D eigenvalue weighted by atomic mass is 79.9. The largest absolute Gasteiger partial charge is 0.324 e. The van der Waals surface area contributed by atoms with Crippen LogP contribution in [0, 0.1) is 6.92 Å². The van der Waals surface area contributed by atoms with Gasteiger partial charge < -0.3 is 5.32 Å². The third kappa shape index (κ3) is 4.30. The van der Waals surface area contributed by atoms with E-state index in [1.807, 2.05) is 36.2 Å². The topological polar surface area (TPSA) is 79.6 Å². The highest BCUT2D eigenvalue weighted by Crippen LogP contribution is 2.21. The summed E-state index contributed by atoms with van der Waals surface area (Å²) < 4.78 is 2.13. The molecule has 25 heavy (non-hydrogen) atoms. The molecule has 0 aliphatic rings. The molecule has 2 heterocycles. The number of likely N-dealkylation sites (N-methyl/N-ethyl adjacent to an activating group) is 1. The van der Waals surface area contributed by atoms with Gasteiger partial charge in [0, 0.05) is 16.2 Å². The lowest BCUT2D eigenvalue weighted by molar-refractivity contribution is -0.117. The van der Waals surface area contributed by atoms with Crippen molar-refractivity contribution in [3.05, 3.63) is 55.9 Å². The summed E-state index contributed by atoms with van der Waals surface area (Å²) in [6.45, 7) is 2.44.